The van der Waals surface area contributed by atoms with Gasteiger partial charge < -0.3 is 17.8 Å². The Morgan fingerprint density at radius 2 is 0.538 bits per heavy atom. The summed E-state index contributed by atoms with van der Waals surface area (Å²) in [5, 5.41) is 0. The zero-order valence-electron chi connectivity index (χ0n) is 67.5. The van der Waals surface area contributed by atoms with Crippen LogP contribution in [0, 0.1) is 92.2 Å². The molecule has 8 unspecified atom stereocenters. The van der Waals surface area contributed by atoms with E-state index in [1.165, 1.54) is 276 Å². The molecule has 8 aliphatic rings. The van der Waals surface area contributed by atoms with Crippen molar-refractivity contribution in [3.63, 3.8) is 0 Å². The molecule has 8 saturated carbocycles. The van der Waals surface area contributed by atoms with Crippen LogP contribution in [0.2, 0.25) is 0 Å². The second-order valence-electron chi connectivity index (χ2n) is 34.4. The van der Waals surface area contributed by atoms with Crippen LogP contribution < -0.4 is 0 Å². The number of rotatable bonds is 34. The molecule has 3 radical (unpaired) electrons. The molecule has 3 heteroatoms. The molecular weight excluding hydrogens is 1350 g/mol. The summed E-state index contributed by atoms with van der Waals surface area (Å²) in [5.74, 6) is 13.4. The van der Waals surface area contributed by atoms with Gasteiger partial charge in [0, 0.05) is 98.1 Å². The zero-order chi connectivity index (χ0) is 67.3. The Labute approximate surface area is 665 Å². The predicted octanol–water partition coefficient (Wildman–Crippen LogP) is 31.6. The fraction of sp³-hybridized carbons (Fsp3) is 0.856. The molecule has 0 aliphatic heterocycles. The SMILES string of the molecule is C/C=C/CCC1CC1(C)C.C/C=C/CCCC1CC1(C)C.C/C=C/CCCC1CCC[C-]1C.CC/C=C/CCC1CC1(C)C.CC/C=C/CCC1CCC[C-]1C.CCCCCCC1CC1(C)C.CCCCCCC1CC1(C)C.CCCCCCC1CCC[C-]1C.[Y].[Y].[Y]. The average molecular weight is 1520 g/mol. The van der Waals surface area contributed by atoms with Gasteiger partial charge in [0.05, 0.1) is 0 Å². The van der Waals surface area contributed by atoms with Crippen LogP contribution in [0.5, 0.6) is 0 Å². The number of hydrogen-bond donors (Lipinski definition) is 0. The normalized spacial score (nSPS) is 25.9. The van der Waals surface area contributed by atoms with E-state index in [0.717, 1.165) is 47.3 Å². The molecule has 93 heavy (non-hydrogen) atoms. The molecule has 0 nitrogen and oxygen atoms in total. The van der Waals surface area contributed by atoms with E-state index in [-0.39, 0.29) is 98.1 Å². The largest absolute Gasteiger partial charge is 0.314 e. The Kier molecular flexibility index (Phi) is 62.3. The van der Waals surface area contributed by atoms with Crippen LogP contribution >= 0.6 is 0 Å². The molecule has 539 valence electrons. The van der Waals surface area contributed by atoms with Crippen molar-refractivity contribution in [1.82, 2.24) is 0 Å². The summed E-state index contributed by atoms with van der Waals surface area (Å²) in [4.78, 5) is 0. The first-order chi connectivity index (χ1) is 42.9. The Balaban J connectivity index is -0.000000991. The maximum atomic E-state index is 2.40. The summed E-state index contributed by atoms with van der Waals surface area (Å²) < 4.78 is 0. The van der Waals surface area contributed by atoms with Crippen molar-refractivity contribution in [3.05, 3.63) is 78.5 Å². The van der Waals surface area contributed by atoms with Crippen molar-refractivity contribution in [1.29, 1.82) is 0 Å². The van der Waals surface area contributed by atoms with Gasteiger partial charge in [-0.25, -0.2) is 0 Å². The van der Waals surface area contributed by atoms with Crippen molar-refractivity contribution in [2.75, 3.05) is 0 Å². The fourth-order valence-corrected chi connectivity index (χ4v) is 15.1. The van der Waals surface area contributed by atoms with E-state index in [0.29, 0.717) is 27.1 Å². The molecule has 0 aromatic carbocycles. The van der Waals surface area contributed by atoms with Gasteiger partial charge in [-0.15, -0.1) is 0 Å². The summed E-state index contributed by atoms with van der Waals surface area (Å²) in [6.45, 7) is 48.4. The molecule has 8 atom stereocenters. The van der Waals surface area contributed by atoms with Gasteiger partial charge in [0.25, 0.3) is 0 Å². The average Bonchev–Trinajstić information content (AvgIpc) is 1.74. The van der Waals surface area contributed by atoms with Crippen molar-refractivity contribution >= 4 is 0 Å². The van der Waals surface area contributed by atoms with Crippen molar-refractivity contribution in [2.45, 2.75) is 421 Å². The first-order valence-electron chi connectivity index (χ1n) is 40.5. The molecule has 8 rings (SSSR count). The molecule has 0 amide bonds. The van der Waals surface area contributed by atoms with Crippen molar-refractivity contribution in [2.24, 2.45) is 74.4 Å². The topological polar surface area (TPSA) is 0 Å². The Bertz CT molecular complexity index is 1790. The third-order valence-corrected chi connectivity index (χ3v) is 23.7. The van der Waals surface area contributed by atoms with E-state index < -0.39 is 0 Å². The zero-order valence-corrected chi connectivity index (χ0v) is 76.0. The minimum Gasteiger partial charge on any atom is -0.314 e. The van der Waals surface area contributed by atoms with Gasteiger partial charge in [-0.1, -0.05) is 306 Å². The third kappa shape index (κ3) is 51.8. The molecule has 0 aromatic heterocycles. The minimum atomic E-state index is 0. The van der Waals surface area contributed by atoms with Gasteiger partial charge in [-0.2, -0.15) is 57.8 Å². The Morgan fingerprint density at radius 1 is 0.290 bits per heavy atom. The molecule has 8 aliphatic carbocycles. The van der Waals surface area contributed by atoms with Crippen molar-refractivity contribution in [3.8, 4) is 0 Å². The van der Waals surface area contributed by atoms with Crippen LogP contribution in [-0.2, 0) is 98.1 Å². The first kappa shape index (κ1) is 99.2. The summed E-state index contributed by atoms with van der Waals surface area (Å²) in [6, 6.07) is 0. The monoisotopic (exact) mass is 1520 g/mol. The molecule has 0 spiro atoms. The van der Waals surface area contributed by atoms with Crippen LogP contribution in [0.15, 0.2) is 60.8 Å². The molecule has 0 bridgehead atoms. The number of hydrogen-bond acceptors (Lipinski definition) is 0. The summed E-state index contributed by atoms with van der Waals surface area (Å²) >= 11 is 0. The summed E-state index contributed by atoms with van der Waals surface area (Å²) in [6.07, 6.45) is 83.1. The molecule has 0 saturated heterocycles. The second-order valence-corrected chi connectivity index (χ2v) is 34.4. The van der Waals surface area contributed by atoms with Crippen LogP contribution in [0.3, 0.4) is 0 Å². The number of unbranched alkanes of at least 4 members (excludes halogenated alkanes) is 11. The predicted molar refractivity (Wildman–Crippen MR) is 413 cm³/mol. The van der Waals surface area contributed by atoms with Crippen LogP contribution in [-0.4, -0.2) is 0 Å². The summed E-state index contributed by atoms with van der Waals surface area (Å²) in [7, 11) is 0. The van der Waals surface area contributed by atoms with E-state index in [1.807, 2.05) is 0 Å². The van der Waals surface area contributed by atoms with Crippen LogP contribution in [0.25, 0.3) is 0 Å². The molecule has 0 aromatic rings. The minimum absolute atomic E-state index is 0. The van der Waals surface area contributed by atoms with E-state index in [4.69, 9.17) is 0 Å². The van der Waals surface area contributed by atoms with Crippen molar-refractivity contribution < 1.29 is 98.1 Å². The molecule has 8 fully saturated rings. The smallest absolute Gasteiger partial charge is 0 e. The van der Waals surface area contributed by atoms with Gasteiger partial charge in [0.15, 0.2) is 0 Å². The van der Waals surface area contributed by atoms with Gasteiger partial charge in [-0.3, -0.25) is 0 Å². The van der Waals surface area contributed by atoms with Crippen LogP contribution in [0.4, 0.5) is 0 Å². The maximum absolute atomic E-state index is 2.40. The molecule has 0 N–H and O–H groups in total. The fourth-order valence-electron chi connectivity index (χ4n) is 15.1. The Morgan fingerprint density at radius 3 is 0.817 bits per heavy atom. The quantitative estimate of drug-likeness (QED) is 0.0342. The molecular formula is C90H167Y3-3. The molecule has 0 heterocycles. The van der Waals surface area contributed by atoms with Gasteiger partial charge >= 0.3 is 0 Å². The maximum Gasteiger partial charge on any atom is 0 e. The van der Waals surface area contributed by atoms with E-state index in [1.54, 1.807) is 17.8 Å². The van der Waals surface area contributed by atoms with E-state index in [2.05, 4.69) is 206 Å². The number of allylic oxidation sites excluding steroid dienone is 10. The van der Waals surface area contributed by atoms with E-state index >= 15 is 0 Å². The first-order valence-corrected chi connectivity index (χ1v) is 40.5. The summed E-state index contributed by atoms with van der Waals surface area (Å²) in [5.41, 5.74) is 3.48. The second kappa shape index (κ2) is 58.4. The third-order valence-electron chi connectivity index (χ3n) is 23.7. The Hall–Kier alpha value is 2.01. The standard InChI is InChI=1S/C12H23.2C12H21.2C11H22.2C11H20.C10H18.3Y/c3*1-3-4-5-6-9-12-10-7-8-11(12)2;4*1-4-5-6-7-8-10-9-11(10,2)3;1-4-5-6-7-9-8-10(9,2)3;;;/h12H,3-10H2,1-2H3;4-5,12H,3,6-10H2,1-2H3;3-4,12H,5-10H2,1-2H3;2*10H,4-9H2,1-3H3;5-6,10H,4,7-9H2,1-3H3;4-5,10H,6-9H2,1-3H3;4-5,9H,6-8H2,1-3H3;;;/q3*-1;;;;;;;;/b;5-4+;4-3+;;;6-5+;2*5-4+;;;. The van der Waals surface area contributed by atoms with Gasteiger partial charge in [-0.05, 0) is 193 Å². The van der Waals surface area contributed by atoms with Gasteiger partial charge in [0.2, 0.25) is 0 Å². The van der Waals surface area contributed by atoms with E-state index in [9.17, 15) is 0 Å². The van der Waals surface area contributed by atoms with Gasteiger partial charge in [0.1, 0.15) is 0 Å². The van der Waals surface area contributed by atoms with Crippen LogP contribution in [0.1, 0.15) is 421 Å².